The van der Waals surface area contributed by atoms with Crippen LogP contribution in [-0.4, -0.2) is 67.9 Å². The summed E-state index contributed by atoms with van der Waals surface area (Å²) in [5.41, 5.74) is 3.95. The normalized spacial score (nSPS) is 28.2. The number of primary amides is 1. The maximum Gasteiger partial charge on any atom is 0.307 e. The summed E-state index contributed by atoms with van der Waals surface area (Å²) >= 11 is 6.70. The highest BCUT2D eigenvalue weighted by molar-refractivity contribution is 7.89. The molecule has 0 aromatic carbocycles. The molecule has 3 fully saturated rings. The zero-order valence-corrected chi connectivity index (χ0v) is 20.4. The maximum absolute atomic E-state index is 13.1. The van der Waals surface area contributed by atoms with Gasteiger partial charge in [-0.2, -0.15) is 8.42 Å². The number of carbonyl (C=O) groups excluding carboxylic acids is 2. The Bertz CT molecular complexity index is 944. The van der Waals surface area contributed by atoms with E-state index in [4.69, 9.17) is 21.5 Å². The van der Waals surface area contributed by atoms with E-state index in [0.29, 0.717) is 23.2 Å². The largest absolute Gasteiger partial charge is 0.367 e. The number of hydrogen-bond acceptors (Lipinski definition) is 7. The fourth-order valence-corrected chi connectivity index (χ4v) is 7.90. The van der Waals surface area contributed by atoms with Crippen molar-refractivity contribution >= 4 is 44.9 Å². The fourth-order valence-electron chi connectivity index (χ4n) is 5.22. The average molecular weight is 504 g/mol. The van der Waals surface area contributed by atoms with Gasteiger partial charge in [0, 0.05) is 38.1 Å². The van der Waals surface area contributed by atoms with Gasteiger partial charge in [0.05, 0.1) is 4.34 Å². The molecule has 2 heterocycles. The van der Waals surface area contributed by atoms with Gasteiger partial charge < -0.3 is 10.6 Å². The van der Waals surface area contributed by atoms with Gasteiger partial charge in [0.15, 0.2) is 5.60 Å². The van der Waals surface area contributed by atoms with Crippen LogP contribution in [0, 0.1) is 5.92 Å². The van der Waals surface area contributed by atoms with Crippen LogP contribution in [0.2, 0.25) is 4.34 Å². The number of piperazine rings is 1. The van der Waals surface area contributed by atoms with Crippen LogP contribution >= 0.6 is 22.9 Å². The first-order valence-electron chi connectivity index (χ1n) is 11.2. The Morgan fingerprint density at radius 3 is 2.22 bits per heavy atom. The molecule has 0 radical (unpaired) electrons. The van der Waals surface area contributed by atoms with Crippen LogP contribution in [0.1, 0.15) is 51.4 Å². The first kappa shape index (κ1) is 23.9. The summed E-state index contributed by atoms with van der Waals surface area (Å²) in [6.07, 6.45) is 6.03. The topological polar surface area (TPSA) is 110 Å². The Hall–Kier alpha value is -1.20. The van der Waals surface area contributed by atoms with E-state index in [1.807, 2.05) is 4.90 Å². The van der Waals surface area contributed by atoms with Crippen molar-refractivity contribution in [3.63, 3.8) is 0 Å². The molecule has 32 heavy (non-hydrogen) atoms. The fraction of sp³-hybridized carbons (Fsp3) is 0.714. The summed E-state index contributed by atoms with van der Waals surface area (Å²) < 4.78 is 31.0. The van der Waals surface area contributed by atoms with Crippen LogP contribution in [0.5, 0.6) is 0 Å². The Kier molecular flexibility index (Phi) is 7.17. The minimum Gasteiger partial charge on any atom is -0.367 e. The number of thiophene rings is 1. The second-order valence-corrected chi connectivity index (χ2v) is 12.5. The summed E-state index contributed by atoms with van der Waals surface area (Å²) in [7, 11) is -4.18. The molecule has 1 aromatic heterocycles. The van der Waals surface area contributed by atoms with Crippen LogP contribution in [-0.2, 0) is 23.9 Å². The lowest BCUT2D eigenvalue weighted by atomic mass is 9.78. The highest BCUT2D eigenvalue weighted by Crippen LogP contribution is 2.39. The van der Waals surface area contributed by atoms with Crippen LogP contribution in [0.3, 0.4) is 0 Å². The summed E-state index contributed by atoms with van der Waals surface area (Å²) in [6.45, 7) is 3.24. The standard InChI is InChI=1S/C21H30ClN3O5S2/c22-17-5-6-18(31-17)32(28,29)30-21(20(23)27)9-7-15(8-10-21)19(26)25-13-11-24(12-14-25)16-3-1-2-4-16/h5-6,15-16H,1-4,7-14H2,(H2,23,27). The Balaban J connectivity index is 1.35. The maximum atomic E-state index is 13.1. The zero-order chi connectivity index (χ0) is 22.9. The molecular weight excluding hydrogens is 474 g/mol. The highest BCUT2D eigenvalue weighted by Gasteiger charge is 2.47. The molecule has 0 bridgehead atoms. The predicted molar refractivity (Wildman–Crippen MR) is 122 cm³/mol. The molecule has 1 aliphatic heterocycles. The molecule has 0 atom stereocenters. The number of nitrogens with zero attached hydrogens (tertiary/aromatic N) is 2. The minimum atomic E-state index is -4.18. The molecule has 0 spiro atoms. The van der Waals surface area contributed by atoms with Gasteiger partial charge in [-0.1, -0.05) is 24.4 Å². The molecule has 8 nitrogen and oxygen atoms in total. The van der Waals surface area contributed by atoms with E-state index in [2.05, 4.69) is 4.90 Å². The van der Waals surface area contributed by atoms with Crippen LogP contribution < -0.4 is 5.73 Å². The van der Waals surface area contributed by atoms with Crippen molar-refractivity contribution in [2.75, 3.05) is 26.2 Å². The Labute approximate surface area is 198 Å². The van der Waals surface area contributed by atoms with E-state index in [1.165, 1.54) is 37.8 Å². The molecule has 2 aliphatic carbocycles. The molecule has 2 N–H and O–H groups in total. The first-order chi connectivity index (χ1) is 15.2. The van der Waals surface area contributed by atoms with E-state index >= 15 is 0 Å². The van der Waals surface area contributed by atoms with Gasteiger partial charge in [-0.25, -0.2) is 4.18 Å². The van der Waals surface area contributed by atoms with E-state index in [1.54, 1.807) is 0 Å². The van der Waals surface area contributed by atoms with Crippen molar-refractivity contribution in [3.05, 3.63) is 16.5 Å². The molecule has 3 aliphatic rings. The van der Waals surface area contributed by atoms with Crippen molar-refractivity contribution < 1.29 is 22.2 Å². The molecular formula is C21H30ClN3O5S2. The second-order valence-electron chi connectivity index (χ2n) is 9.03. The van der Waals surface area contributed by atoms with Gasteiger partial charge in [-0.15, -0.1) is 11.3 Å². The lowest BCUT2D eigenvalue weighted by Gasteiger charge is -2.41. The third-order valence-corrected chi connectivity index (χ3v) is 10.2. The van der Waals surface area contributed by atoms with Crippen LogP contribution in [0.25, 0.3) is 0 Å². The second kappa shape index (κ2) is 9.58. The van der Waals surface area contributed by atoms with Gasteiger partial charge in [0.2, 0.25) is 5.91 Å². The summed E-state index contributed by atoms with van der Waals surface area (Å²) in [5.74, 6) is -0.982. The first-order valence-corrected chi connectivity index (χ1v) is 13.8. The molecule has 1 saturated heterocycles. The Morgan fingerprint density at radius 1 is 1.06 bits per heavy atom. The lowest BCUT2D eigenvalue weighted by molar-refractivity contribution is -0.145. The molecule has 1 aromatic rings. The minimum absolute atomic E-state index is 0.0681. The number of carbonyl (C=O) groups is 2. The molecule has 2 saturated carbocycles. The third kappa shape index (κ3) is 4.99. The van der Waals surface area contributed by atoms with Crippen molar-refractivity contribution in [1.29, 1.82) is 0 Å². The SMILES string of the molecule is NC(=O)C1(OS(=O)(=O)c2ccc(Cl)s2)CCC(C(=O)N2CCN(C3CCCC3)CC2)CC1. The molecule has 2 amide bonds. The quantitative estimate of drug-likeness (QED) is 0.597. The molecule has 0 unspecified atom stereocenters. The van der Waals surface area contributed by atoms with Gasteiger partial charge in [-0.05, 0) is 50.7 Å². The van der Waals surface area contributed by atoms with Crippen LogP contribution in [0.4, 0.5) is 0 Å². The van der Waals surface area contributed by atoms with Gasteiger partial charge in [0.25, 0.3) is 5.91 Å². The van der Waals surface area contributed by atoms with E-state index < -0.39 is 21.6 Å². The number of hydrogen-bond donors (Lipinski definition) is 1. The molecule has 178 valence electrons. The average Bonchev–Trinajstić information content (AvgIpc) is 3.46. The summed E-state index contributed by atoms with van der Waals surface area (Å²) in [6, 6.07) is 3.47. The number of nitrogens with two attached hydrogens (primary N) is 1. The van der Waals surface area contributed by atoms with Gasteiger partial charge >= 0.3 is 10.1 Å². The highest BCUT2D eigenvalue weighted by atomic mass is 35.5. The monoisotopic (exact) mass is 503 g/mol. The van der Waals surface area contributed by atoms with E-state index in [9.17, 15) is 18.0 Å². The number of rotatable bonds is 6. The zero-order valence-electron chi connectivity index (χ0n) is 18.0. The smallest absolute Gasteiger partial charge is 0.307 e. The van der Waals surface area contributed by atoms with Crippen molar-refractivity contribution in [2.45, 2.75) is 67.2 Å². The van der Waals surface area contributed by atoms with E-state index in [-0.39, 0.29) is 28.9 Å². The number of halogens is 1. The third-order valence-electron chi connectivity index (χ3n) is 7.12. The predicted octanol–water partition coefficient (Wildman–Crippen LogP) is 2.61. The summed E-state index contributed by atoms with van der Waals surface area (Å²) in [4.78, 5) is 29.8. The van der Waals surface area contributed by atoms with E-state index in [0.717, 1.165) is 37.5 Å². The molecule has 4 rings (SSSR count). The lowest BCUT2D eigenvalue weighted by Crippen LogP contribution is -2.54. The van der Waals surface area contributed by atoms with Gasteiger partial charge in [0.1, 0.15) is 4.21 Å². The number of amides is 2. The van der Waals surface area contributed by atoms with Crippen molar-refractivity contribution in [2.24, 2.45) is 11.7 Å². The van der Waals surface area contributed by atoms with Gasteiger partial charge in [-0.3, -0.25) is 14.5 Å². The van der Waals surface area contributed by atoms with Crippen molar-refractivity contribution in [3.8, 4) is 0 Å². The summed E-state index contributed by atoms with van der Waals surface area (Å²) in [5, 5.41) is 0. The van der Waals surface area contributed by atoms with Crippen LogP contribution in [0.15, 0.2) is 16.3 Å². The molecule has 11 heteroatoms. The van der Waals surface area contributed by atoms with Crippen molar-refractivity contribution in [1.82, 2.24) is 9.80 Å². The Morgan fingerprint density at radius 2 is 1.69 bits per heavy atom.